The number of nitrogens with one attached hydrogen (secondary N) is 1. The van der Waals surface area contributed by atoms with Crippen molar-refractivity contribution in [2.75, 3.05) is 7.11 Å². The van der Waals surface area contributed by atoms with E-state index >= 15 is 0 Å². The number of carboxylic acids is 2. The van der Waals surface area contributed by atoms with E-state index in [1.54, 1.807) is 0 Å². The first-order valence-corrected chi connectivity index (χ1v) is 7.03. The fourth-order valence-electron chi connectivity index (χ4n) is 1.73. The molecule has 7 N–H and O–H groups in total. The van der Waals surface area contributed by atoms with Crippen LogP contribution in [0.1, 0.15) is 32.1 Å². The minimum atomic E-state index is -1.22. The molecule has 0 unspecified atom stereocenters. The zero-order valence-electron chi connectivity index (χ0n) is 12.9. The Bertz CT molecular complexity index is 441. The van der Waals surface area contributed by atoms with Gasteiger partial charge in [0.2, 0.25) is 5.91 Å². The number of nitrogens with two attached hydrogens (primary N) is 2. The predicted octanol–water partition coefficient (Wildman–Crippen LogP) is -1.58. The summed E-state index contributed by atoms with van der Waals surface area (Å²) in [6, 6.07) is -3.15. The van der Waals surface area contributed by atoms with Crippen molar-refractivity contribution in [3.05, 3.63) is 0 Å². The second kappa shape index (κ2) is 10.5. The van der Waals surface area contributed by atoms with Crippen molar-refractivity contribution in [2.45, 2.75) is 50.2 Å². The topological polar surface area (TPSA) is 182 Å². The summed E-state index contributed by atoms with van der Waals surface area (Å²) in [5.41, 5.74) is 10.6. The Kier molecular flexibility index (Phi) is 9.51. The van der Waals surface area contributed by atoms with Gasteiger partial charge < -0.3 is 31.7 Å². The third-order valence-electron chi connectivity index (χ3n) is 3.15. The highest BCUT2D eigenvalue weighted by Gasteiger charge is 2.23. The van der Waals surface area contributed by atoms with Crippen molar-refractivity contribution in [1.82, 2.24) is 5.32 Å². The minimum Gasteiger partial charge on any atom is -0.480 e. The molecule has 0 fully saturated rings. The molecule has 0 aromatic rings. The summed E-state index contributed by atoms with van der Waals surface area (Å²) < 4.78 is 4.56. The number of aliphatic carboxylic acids is 2. The van der Waals surface area contributed by atoms with Crippen LogP contribution >= 0.6 is 0 Å². The lowest BCUT2D eigenvalue weighted by Gasteiger charge is -2.17. The molecule has 0 aliphatic heterocycles. The standard InChI is InChI=1S/C13H23N3O7/c1-23-13(22)9(4-2-3-7(14)11(18)19)16-10(17)6-5-8(15)12(20)21/h7-9H,2-6,14-15H2,1H3,(H,16,17)(H,18,19)(H,20,21)/t7-,8-,9+/m1/s1. The van der Waals surface area contributed by atoms with E-state index in [1.165, 1.54) is 0 Å². The van der Waals surface area contributed by atoms with Gasteiger partial charge in [-0.25, -0.2) is 4.79 Å². The number of esters is 1. The van der Waals surface area contributed by atoms with Gasteiger partial charge in [-0.15, -0.1) is 0 Å². The Balaban J connectivity index is 4.39. The Morgan fingerprint density at radius 1 is 1.00 bits per heavy atom. The van der Waals surface area contributed by atoms with Gasteiger partial charge in [-0.2, -0.15) is 0 Å². The molecule has 3 atom stereocenters. The van der Waals surface area contributed by atoms with E-state index in [2.05, 4.69) is 10.1 Å². The first-order chi connectivity index (χ1) is 10.7. The van der Waals surface area contributed by atoms with Crippen LogP contribution < -0.4 is 16.8 Å². The normalized spacial score (nSPS) is 14.4. The molecule has 0 spiro atoms. The molecule has 10 nitrogen and oxygen atoms in total. The van der Waals surface area contributed by atoms with Crippen LogP contribution in [0.4, 0.5) is 0 Å². The van der Waals surface area contributed by atoms with Crippen LogP contribution in [0.2, 0.25) is 0 Å². The van der Waals surface area contributed by atoms with E-state index in [4.69, 9.17) is 21.7 Å². The number of rotatable bonds is 11. The fourth-order valence-corrected chi connectivity index (χ4v) is 1.73. The van der Waals surface area contributed by atoms with E-state index in [0.29, 0.717) is 6.42 Å². The average molecular weight is 333 g/mol. The summed E-state index contributed by atoms with van der Waals surface area (Å²) >= 11 is 0. The van der Waals surface area contributed by atoms with E-state index < -0.39 is 41.9 Å². The number of amides is 1. The lowest BCUT2D eigenvalue weighted by molar-refractivity contribution is -0.145. The van der Waals surface area contributed by atoms with E-state index in [0.717, 1.165) is 7.11 Å². The molecule has 0 radical (unpaired) electrons. The van der Waals surface area contributed by atoms with Gasteiger partial charge in [0.05, 0.1) is 7.11 Å². The Labute approximate surface area is 133 Å². The number of hydrogen-bond donors (Lipinski definition) is 5. The zero-order chi connectivity index (χ0) is 18.0. The maximum atomic E-state index is 11.7. The summed E-state index contributed by atoms with van der Waals surface area (Å²) in [6.45, 7) is 0. The van der Waals surface area contributed by atoms with Crippen molar-refractivity contribution < 1.29 is 34.1 Å². The first kappa shape index (κ1) is 20.8. The van der Waals surface area contributed by atoms with Gasteiger partial charge >= 0.3 is 17.9 Å². The highest BCUT2D eigenvalue weighted by Crippen LogP contribution is 2.06. The van der Waals surface area contributed by atoms with Gasteiger partial charge in [0.1, 0.15) is 18.1 Å². The van der Waals surface area contributed by atoms with Crippen LogP contribution in [0.3, 0.4) is 0 Å². The lowest BCUT2D eigenvalue weighted by Crippen LogP contribution is -2.42. The molecule has 0 saturated heterocycles. The van der Waals surface area contributed by atoms with Gasteiger partial charge in [-0.05, 0) is 25.7 Å². The van der Waals surface area contributed by atoms with Crippen molar-refractivity contribution in [1.29, 1.82) is 0 Å². The number of carbonyl (C=O) groups is 4. The molecule has 1 amide bonds. The molecule has 0 bridgehead atoms. The number of ether oxygens (including phenoxy) is 1. The molecule has 132 valence electrons. The van der Waals surface area contributed by atoms with Gasteiger partial charge in [0.15, 0.2) is 0 Å². The Hall–Kier alpha value is -2.20. The van der Waals surface area contributed by atoms with Gasteiger partial charge in [0.25, 0.3) is 0 Å². The average Bonchev–Trinajstić information content (AvgIpc) is 2.50. The van der Waals surface area contributed by atoms with Crippen molar-refractivity contribution >= 4 is 23.8 Å². The molecule has 0 saturated carbocycles. The maximum Gasteiger partial charge on any atom is 0.328 e. The third kappa shape index (κ3) is 8.73. The second-order valence-corrected chi connectivity index (χ2v) is 5.00. The molecule has 0 rings (SSSR count). The summed E-state index contributed by atoms with van der Waals surface area (Å²) in [5, 5.41) is 19.7. The molecule has 0 aromatic heterocycles. The fraction of sp³-hybridized carbons (Fsp3) is 0.692. The SMILES string of the molecule is COC(=O)[C@H](CCC[C@@H](N)C(=O)O)NC(=O)CC[C@@H](N)C(=O)O. The van der Waals surface area contributed by atoms with Gasteiger partial charge in [-0.3, -0.25) is 14.4 Å². The monoisotopic (exact) mass is 333 g/mol. The van der Waals surface area contributed by atoms with Crippen molar-refractivity contribution in [2.24, 2.45) is 11.5 Å². The van der Waals surface area contributed by atoms with Gasteiger partial charge in [0, 0.05) is 6.42 Å². The second-order valence-electron chi connectivity index (χ2n) is 5.00. The van der Waals surface area contributed by atoms with Crippen molar-refractivity contribution in [3.63, 3.8) is 0 Å². The predicted molar refractivity (Wildman–Crippen MR) is 78.3 cm³/mol. The maximum absolute atomic E-state index is 11.7. The third-order valence-corrected chi connectivity index (χ3v) is 3.15. The number of carbonyl (C=O) groups excluding carboxylic acids is 2. The Morgan fingerprint density at radius 3 is 2.00 bits per heavy atom. The summed E-state index contributed by atoms with van der Waals surface area (Å²) in [5.74, 6) is -3.58. The first-order valence-electron chi connectivity index (χ1n) is 7.03. The smallest absolute Gasteiger partial charge is 0.328 e. The van der Waals surface area contributed by atoms with Crippen LogP contribution in [0.5, 0.6) is 0 Å². The molecule has 0 aromatic carbocycles. The summed E-state index contributed by atoms with van der Waals surface area (Å²) in [6.07, 6.45) is 0.365. The molecule has 10 heteroatoms. The molecular formula is C13H23N3O7. The largest absolute Gasteiger partial charge is 0.480 e. The number of carboxylic acid groups (broad SMARTS) is 2. The number of hydrogen-bond acceptors (Lipinski definition) is 7. The molecule has 23 heavy (non-hydrogen) atoms. The number of methoxy groups -OCH3 is 1. The molecule has 0 aliphatic rings. The van der Waals surface area contributed by atoms with Crippen LogP contribution in [0.25, 0.3) is 0 Å². The summed E-state index contributed by atoms with van der Waals surface area (Å²) in [4.78, 5) is 44.5. The van der Waals surface area contributed by atoms with E-state index in [9.17, 15) is 19.2 Å². The summed E-state index contributed by atoms with van der Waals surface area (Å²) in [7, 11) is 1.16. The van der Waals surface area contributed by atoms with E-state index in [-0.39, 0.29) is 25.7 Å². The molecule has 0 aliphatic carbocycles. The van der Waals surface area contributed by atoms with Crippen molar-refractivity contribution in [3.8, 4) is 0 Å². The molecular weight excluding hydrogens is 310 g/mol. The highest BCUT2D eigenvalue weighted by atomic mass is 16.5. The van der Waals surface area contributed by atoms with Gasteiger partial charge in [-0.1, -0.05) is 0 Å². The van der Waals surface area contributed by atoms with Crippen LogP contribution in [0, 0.1) is 0 Å². The Morgan fingerprint density at radius 2 is 1.52 bits per heavy atom. The van der Waals surface area contributed by atoms with E-state index in [1.807, 2.05) is 0 Å². The zero-order valence-corrected chi connectivity index (χ0v) is 12.9. The van der Waals surface area contributed by atoms with Crippen LogP contribution in [-0.4, -0.2) is 59.3 Å². The van der Waals surface area contributed by atoms with Crippen LogP contribution in [-0.2, 0) is 23.9 Å². The quantitative estimate of drug-likeness (QED) is 0.278. The molecule has 0 heterocycles. The minimum absolute atomic E-state index is 0.0705. The highest BCUT2D eigenvalue weighted by molar-refractivity contribution is 5.84. The van der Waals surface area contributed by atoms with Crippen LogP contribution in [0.15, 0.2) is 0 Å². The lowest BCUT2D eigenvalue weighted by atomic mass is 10.1.